The number of hydrogen-bond donors (Lipinski definition) is 1. The topological polar surface area (TPSA) is 71.5 Å². The molecule has 0 radical (unpaired) electrons. The van der Waals surface area contributed by atoms with Crippen molar-refractivity contribution in [3.8, 4) is 11.8 Å². The van der Waals surface area contributed by atoms with E-state index in [1.807, 2.05) is 0 Å². The number of fused-ring (bicyclic) bond motifs is 1. The standard InChI is InChI=1S/C19H23N3O3/c1-3-5-11-21-17-12-14(18(23)24)8-9-16(17)22(19(21)25)13-15-7-6-10-20(15)4-2/h8-9,12,15H,4,6-7,10-11,13H2,1-2H3,(H,23,24)/t15-/m1/s1. The van der Waals surface area contributed by atoms with Crippen LogP contribution in [0.1, 0.15) is 37.0 Å². The van der Waals surface area contributed by atoms with E-state index < -0.39 is 5.97 Å². The number of quaternary nitrogens is 1. The smallest absolute Gasteiger partial charge is 0.330 e. The predicted molar refractivity (Wildman–Crippen MR) is 93.4 cm³/mol. The van der Waals surface area contributed by atoms with E-state index in [9.17, 15) is 14.7 Å². The third-order valence-electron chi connectivity index (χ3n) is 5.15. The molecule has 1 aromatic heterocycles. The number of benzene rings is 1. The molecule has 0 spiro atoms. The van der Waals surface area contributed by atoms with Gasteiger partial charge in [-0.05, 0) is 31.5 Å². The predicted octanol–water partition coefficient (Wildman–Crippen LogP) is -0.743. The second-order valence-electron chi connectivity index (χ2n) is 6.50. The maximum absolute atomic E-state index is 12.9. The molecule has 2 atom stereocenters. The molecule has 3 rings (SSSR count). The van der Waals surface area contributed by atoms with E-state index in [0.29, 0.717) is 18.1 Å². The Bertz CT molecular complexity index is 914. The van der Waals surface area contributed by atoms with Gasteiger partial charge in [0.05, 0.1) is 43.2 Å². The van der Waals surface area contributed by atoms with Gasteiger partial charge in [0.15, 0.2) is 0 Å². The van der Waals surface area contributed by atoms with Crippen LogP contribution in [0.3, 0.4) is 0 Å². The summed E-state index contributed by atoms with van der Waals surface area (Å²) in [5.41, 5.74) is 1.31. The largest absolute Gasteiger partial charge is 0.545 e. The Balaban J connectivity index is 2.10. The lowest BCUT2D eigenvalue weighted by Gasteiger charge is -2.20. The van der Waals surface area contributed by atoms with Crippen molar-refractivity contribution in [2.45, 2.75) is 45.8 Å². The molecule has 0 amide bonds. The molecule has 1 aromatic carbocycles. The van der Waals surface area contributed by atoms with Gasteiger partial charge in [0, 0.05) is 12.8 Å². The van der Waals surface area contributed by atoms with Gasteiger partial charge in [-0.1, -0.05) is 12.0 Å². The molecule has 1 unspecified atom stereocenters. The Morgan fingerprint density at radius 2 is 2.16 bits per heavy atom. The van der Waals surface area contributed by atoms with Crippen molar-refractivity contribution < 1.29 is 14.8 Å². The molecule has 1 aliphatic rings. The van der Waals surface area contributed by atoms with Crippen LogP contribution in [0.25, 0.3) is 11.0 Å². The molecule has 0 bridgehead atoms. The zero-order valence-corrected chi connectivity index (χ0v) is 14.7. The van der Waals surface area contributed by atoms with Crippen LogP contribution in [0.2, 0.25) is 0 Å². The summed E-state index contributed by atoms with van der Waals surface area (Å²) in [6.07, 6.45) is 2.28. The highest BCUT2D eigenvalue weighted by Crippen LogP contribution is 2.17. The summed E-state index contributed by atoms with van der Waals surface area (Å²) in [4.78, 5) is 25.7. The number of likely N-dealkylation sites (tertiary alicyclic amines) is 1. The Kier molecular flexibility index (Phi) is 4.95. The van der Waals surface area contributed by atoms with Gasteiger partial charge in [-0.25, -0.2) is 4.79 Å². The SMILES string of the molecule is CC#CCn1c(=O)n(C[C@H]2CCC[NH+]2CC)c2ccc(C(=O)[O-])cc21. The maximum atomic E-state index is 12.9. The lowest BCUT2D eigenvalue weighted by atomic mass is 10.2. The monoisotopic (exact) mass is 341 g/mol. The summed E-state index contributed by atoms with van der Waals surface area (Å²) in [5.74, 6) is 4.45. The Labute approximate surface area is 146 Å². The van der Waals surface area contributed by atoms with Gasteiger partial charge >= 0.3 is 5.69 Å². The zero-order chi connectivity index (χ0) is 18.0. The van der Waals surface area contributed by atoms with Crippen LogP contribution < -0.4 is 15.7 Å². The van der Waals surface area contributed by atoms with Crippen LogP contribution in [0.4, 0.5) is 0 Å². The minimum atomic E-state index is -1.24. The van der Waals surface area contributed by atoms with Gasteiger partial charge in [-0.15, -0.1) is 5.92 Å². The zero-order valence-electron chi connectivity index (χ0n) is 14.7. The summed E-state index contributed by atoms with van der Waals surface area (Å²) < 4.78 is 3.33. The average molecular weight is 341 g/mol. The molecule has 132 valence electrons. The van der Waals surface area contributed by atoms with E-state index in [2.05, 4.69) is 18.8 Å². The van der Waals surface area contributed by atoms with Crippen LogP contribution in [0, 0.1) is 11.8 Å². The fraction of sp³-hybridized carbons (Fsp3) is 0.474. The summed E-state index contributed by atoms with van der Waals surface area (Å²) in [5, 5.41) is 11.2. The van der Waals surface area contributed by atoms with Crippen LogP contribution >= 0.6 is 0 Å². The first-order valence-corrected chi connectivity index (χ1v) is 8.75. The van der Waals surface area contributed by atoms with Gasteiger partial charge in [0.1, 0.15) is 6.04 Å². The van der Waals surface area contributed by atoms with E-state index in [1.54, 1.807) is 22.1 Å². The molecule has 1 fully saturated rings. The van der Waals surface area contributed by atoms with Crippen molar-refractivity contribution in [2.24, 2.45) is 0 Å². The molecule has 6 heteroatoms. The summed E-state index contributed by atoms with van der Waals surface area (Å²) in [6.45, 7) is 6.99. The molecule has 0 aliphatic carbocycles. The number of nitrogens with one attached hydrogen (secondary N) is 1. The first kappa shape index (κ1) is 17.3. The third kappa shape index (κ3) is 3.20. The molecule has 1 N–H and O–H groups in total. The van der Waals surface area contributed by atoms with Crippen molar-refractivity contribution in [1.29, 1.82) is 0 Å². The third-order valence-corrected chi connectivity index (χ3v) is 5.15. The highest BCUT2D eigenvalue weighted by molar-refractivity contribution is 5.91. The van der Waals surface area contributed by atoms with Crippen molar-refractivity contribution in [3.05, 3.63) is 34.2 Å². The van der Waals surface area contributed by atoms with Crippen LogP contribution in [-0.2, 0) is 13.1 Å². The normalized spacial score (nSPS) is 19.8. The molecular weight excluding hydrogens is 318 g/mol. The Morgan fingerprint density at radius 1 is 1.36 bits per heavy atom. The summed E-state index contributed by atoms with van der Waals surface area (Å²) in [6, 6.07) is 5.14. The number of hydrogen-bond acceptors (Lipinski definition) is 3. The minimum absolute atomic E-state index is 0.0736. The van der Waals surface area contributed by atoms with Crippen LogP contribution in [0.5, 0.6) is 0 Å². The van der Waals surface area contributed by atoms with E-state index in [-0.39, 0.29) is 17.8 Å². The number of aromatic nitrogens is 2. The number of carbonyl (C=O) groups is 1. The van der Waals surface area contributed by atoms with Crippen LogP contribution in [-0.4, -0.2) is 34.2 Å². The quantitative estimate of drug-likeness (QED) is 0.728. The van der Waals surface area contributed by atoms with Gasteiger partial charge in [-0.3, -0.25) is 9.13 Å². The maximum Gasteiger partial charge on any atom is 0.330 e. The second-order valence-corrected chi connectivity index (χ2v) is 6.50. The number of nitrogens with zero attached hydrogens (tertiary/aromatic N) is 2. The fourth-order valence-electron chi connectivity index (χ4n) is 3.82. The van der Waals surface area contributed by atoms with E-state index in [0.717, 1.165) is 25.0 Å². The van der Waals surface area contributed by atoms with Gasteiger partial charge in [0.2, 0.25) is 0 Å². The number of likely N-dealkylation sites (N-methyl/N-ethyl adjacent to an activating group) is 1. The molecule has 25 heavy (non-hydrogen) atoms. The van der Waals surface area contributed by atoms with Gasteiger partial charge in [-0.2, -0.15) is 0 Å². The van der Waals surface area contributed by atoms with Crippen molar-refractivity contribution in [2.75, 3.05) is 13.1 Å². The highest BCUT2D eigenvalue weighted by Gasteiger charge is 2.29. The molecule has 1 aliphatic heterocycles. The Morgan fingerprint density at radius 3 is 2.84 bits per heavy atom. The van der Waals surface area contributed by atoms with E-state index >= 15 is 0 Å². The first-order chi connectivity index (χ1) is 12.1. The first-order valence-electron chi connectivity index (χ1n) is 8.75. The molecule has 2 aromatic rings. The summed E-state index contributed by atoms with van der Waals surface area (Å²) >= 11 is 0. The average Bonchev–Trinajstić information content (AvgIpc) is 3.16. The highest BCUT2D eigenvalue weighted by atomic mass is 16.4. The number of rotatable bonds is 5. The molecule has 6 nitrogen and oxygen atoms in total. The number of aromatic carboxylic acids is 1. The molecule has 2 heterocycles. The van der Waals surface area contributed by atoms with Gasteiger partial charge < -0.3 is 14.8 Å². The molecule has 1 saturated heterocycles. The number of carboxylic acids is 1. The molecule has 0 saturated carbocycles. The number of carboxylic acid groups (broad SMARTS) is 1. The van der Waals surface area contributed by atoms with E-state index in [4.69, 9.17) is 0 Å². The van der Waals surface area contributed by atoms with Gasteiger partial charge in [0.25, 0.3) is 0 Å². The van der Waals surface area contributed by atoms with Crippen LogP contribution in [0.15, 0.2) is 23.0 Å². The molecular formula is C19H23N3O3. The Hall–Kier alpha value is -2.52. The van der Waals surface area contributed by atoms with Crippen molar-refractivity contribution in [3.63, 3.8) is 0 Å². The number of imidazole rings is 1. The lowest BCUT2D eigenvalue weighted by Crippen LogP contribution is -3.13. The lowest BCUT2D eigenvalue weighted by molar-refractivity contribution is -0.911. The fourth-order valence-corrected chi connectivity index (χ4v) is 3.82. The van der Waals surface area contributed by atoms with E-state index in [1.165, 1.54) is 23.5 Å². The minimum Gasteiger partial charge on any atom is -0.545 e. The number of carbonyl (C=O) groups excluding carboxylic acids is 1. The van der Waals surface area contributed by atoms with Crippen molar-refractivity contribution >= 4 is 17.0 Å². The van der Waals surface area contributed by atoms with Crippen molar-refractivity contribution in [1.82, 2.24) is 9.13 Å². The second kappa shape index (κ2) is 7.16. The summed E-state index contributed by atoms with van der Waals surface area (Å²) in [7, 11) is 0.